The molecule has 1 aromatic carbocycles. The van der Waals surface area contributed by atoms with Crippen LogP contribution < -0.4 is 10.6 Å². The van der Waals surface area contributed by atoms with Crippen LogP contribution in [0.25, 0.3) is 11.1 Å². The summed E-state index contributed by atoms with van der Waals surface area (Å²) in [7, 11) is 0. The van der Waals surface area contributed by atoms with Crippen LogP contribution in [0.15, 0.2) is 22.6 Å². The van der Waals surface area contributed by atoms with E-state index in [4.69, 9.17) is 9.40 Å². The van der Waals surface area contributed by atoms with E-state index in [2.05, 4.69) is 15.5 Å². The fourth-order valence-corrected chi connectivity index (χ4v) is 4.77. The highest BCUT2D eigenvalue weighted by atomic mass is 35.5. The highest BCUT2D eigenvalue weighted by Crippen LogP contribution is 2.30. The first-order valence-electron chi connectivity index (χ1n) is 9.91. The number of carbonyl (C=O) groups is 1. The molecule has 0 saturated carbocycles. The van der Waals surface area contributed by atoms with Crippen LogP contribution in [0.4, 0.5) is 0 Å². The predicted octanol–water partition coefficient (Wildman–Crippen LogP) is 2.96. The lowest BCUT2D eigenvalue weighted by molar-refractivity contribution is 0.0621. The summed E-state index contributed by atoms with van der Waals surface area (Å²) in [6.45, 7) is 5.32. The van der Waals surface area contributed by atoms with Crippen LogP contribution in [-0.2, 0) is 0 Å². The van der Waals surface area contributed by atoms with Crippen molar-refractivity contribution in [3.63, 3.8) is 0 Å². The zero-order chi connectivity index (χ0) is 17.5. The van der Waals surface area contributed by atoms with E-state index in [9.17, 15) is 4.79 Å². The molecule has 4 aliphatic heterocycles. The van der Waals surface area contributed by atoms with Crippen LogP contribution >= 0.6 is 24.8 Å². The van der Waals surface area contributed by atoms with Crippen molar-refractivity contribution < 1.29 is 9.21 Å². The van der Waals surface area contributed by atoms with Gasteiger partial charge in [0.1, 0.15) is 5.52 Å². The first kappa shape index (κ1) is 21.4. The molecule has 1 aromatic heterocycles. The van der Waals surface area contributed by atoms with E-state index in [-0.39, 0.29) is 36.8 Å². The number of aromatic nitrogens is 1. The predicted molar refractivity (Wildman–Crippen MR) is 114 cm³/mol. The summed E-state index contributed by atoms with van der Waals surface area (Å²) in [5.41, 5.74) is 2.07. The molecule has 6 rings (SSSR count). The molecule has 154 valence electrons. The maximum Gasteiger partial charge on any atom is 0.253 e. The van der Waals surface area contributed by atoms with Crippen molar-refractivity contribution in [2.75, 3.05) is 32.7 Å². The van der Waals surface area contributed by atoms with Gasteiger partial charge >= 0.3 is 0 Å². The van der Waals surface area contributed by atoms with Crippen molar-refractivity contribution in [3.05, 3.63) is 29.7 Å². The number of hydrogen-bond acceptors (Lipinski definition) is 5. The molecule has 1 atom stereocenters. The molecule has 0 aliphatic carbocycles. The number of para-hydroxylation sites is 1. The maximum absolute atomic E-state index is 13.0. The zero-order valence-corrected chi connectivity index (χ0v) is 17.5. The molecule has 2 bridgehead atoms. The quantitative estimate of drug-likeness (QED) is 0.789. The van der Waals surface area contributed by atoms with Crippen molar-refractivity contribution in [3.8, 4) is 0 Å². The van der Waals surface area contributed by atoms with Gasteiger partial charge in [0.25, 0.3) is 5.91 Å². The Balaban J connectivity index is 0.00000112. The third-order valence-corrected chi connectivity index (χ3v) is 6.34. The number of benzene rings is 1. The molecule has 0 unspecified atom stereocenters. The molecule has 2 aromatic rings. The zero-order valence-electron chi connectivity index (χ0n) is 15.9. The van der Waals surface area contributed by atoms with Gasteiger partial charge in [-0.05, 0) is 69.9 Å². The number of piperidine rings is 4. The minimum Gasteiger partial charge on any atom is -0.440 e. The molecule has 4 aliphatic rings. The monoisotopic (exact) mass is 426 g/mol. The largest absolute Gasteiger partial charge is 0.440 e. The Morgan fingerprint density at radius 1 is 1.14 bits per heavy atom. The average molecular weight is 427 g/mol. The first-order valence-corrected chi connectivity index (χ1v) is 9.91. The minimum atomic E-state index is -0.0143. The molecule has 0 radical (unpaired) electrons. The Bertz CT molecular complexity index is 814. The summed E-state index contributed by atoms with van der Waals surface area (Å²) in [6.07, 6.45) is 4.46. The number of nitrogens with one attached hydrogen (secondary N) is 2. The van der Waals surface area contributed by atoms with Crippen molar-refractivity contribution >= 4 is 41.8 Å². The second-order valence-electron chi connectivity index (χ2n) is 7.95. The molecule has 1 amide bonds. The van der Waals surface area contributed by atoms with Gasteiger partial charge in [0.2, 0.25) is 0 Å². The highest BCUT2D eigenvalue weighted by Gasteiger charge is 2.35. The molecule has 28 heavy (non-hydrogen) atoms. The van der Waals surface area contributed by atoms with E-state index < -0.39 is 0 Å². The van der Waals surface area contributed by atoms with Gasteiger partial charge in [-0.25, -0.2) is 4.98 Å². The van der Waals surface area contributed by atoms with Gasteiger partial charge < -0.3 is 20.0 Å². The van der Waals surface area contributed by atoms with Gasteiger partial charge in [-0.3, -0.25) is 4.79 Å². The highest BCUT2D eigenvalue weighted by molar-refractivity contribution is 6.04. The average Bonchev–Trinajstić information content (AvgIpc) is 3.14. The summed E-state index contributed by atoms with van der Waals surface area (Å²) >= 11 is 0. The van der Waals surface area contributed by atoms with Gasteiger partial charge in [-0.15, -0.1) is 24.8 Å². The lowest BCUT2D eigenvalue weighted by Crippen LogP contribution is -2.57. The molecule has 6 nitrogen and oxygen atoms in total. The Kier molecular flexibility index (Phi) is 6.86. The number of oxazole rings is 1. The van der Waals surface area contributed by atoms with Crippen LogP contribution in [-0.4, -0.2) is 54.6 Å². The number of rotatable bonds is 3. The first-order chi connectivity index (χ1) is 12.8. The number of halogens is 2. The summed E-state index contributed by atoms with van der Waals surface area (Å²) in [5.74, 6) is 1.73. The van der Waals surface area contributed by atoms with E-state index in [1.54, 1.807) is 0 Å². The fraction of sp³-hybridized carbons (Fsp3) is 0.600. The van der Waals surface area contributed by atoms with Crippen LogP contribution in [0.1, 0.15) is 47.8 Å². The SMILES string of the molecule is Cl.Cl.O=C(N[C@@H]1CN2CCC1CC2)c1cccc2oc(C3CCNCC3)nc12. The molecular formula is C20H28Cl2N4O2. The Morgan fingerprint density at radius 2 is 1.89 bits per heavy atom. The fourth-order valence-electron chi connectivity index (χ4n) is 4.77. The van der Waals surface area contributed by atoms with Gasteiger partial charge in [-0.1, -0.05) is 6.07 Å². The van der Waals surface area contributed by atoms with E-state index >= 15 is 0 Å². The van der Waals surface area contributed by atoms with Crippen molar-refractivity contribution in [2.24, 2.45) is 5.92 Å². The molecular weight excluding hydrogens is 399 g/mol. The summed E-state index contributed by atoms with van der Waals surface area (Å²) in [5, 5.41) is 6.64. The molecule has 5 heterocycles. The smallest absolute Gasteiger partial charge is 0.253 e. The Morgan fingerprint density at radius 3 is 2.57 bits per heavy atom. The second kappa shape index (κ2) is 8.99. The van der Waals surface area contributed by atoms with Crippen molar-refractivity contribution in [1.82, 2.24) is 20.5 Å². The molecule has 8 heteroatoms. The number of carbonyl (C=O) groups excluding carboxylic acids is 1. The Labute approximate surface area is 177 Å². The number of nitrogens with zero attached hydrogens (tertiary/aromatic N) is 2. The normalized spacial score (nSPS) is 27.1. The number of fused-ring (bicyclic) bond motifs is 4. The van der Waals surface area contributed by atoms with Crippen molar-refractivity contribution in [2.45, 2.75) is 37.6 Å². The van der Waals surface area contributed by atoms with E-state index in [0.717, 1.165) is 43.9 Å². The van der Waals surface area contributed by atoms with Gasteiger partial charge in [0.15, 0.2) is 11.5 Å². The lowest BCUT2D eigenvalue weighted by atomic mass is 9.84. The second-order valence-corrected chi connectivity index (χ2v) is 7.95. The Hall–Kier alpha value is -1.34. The minimum absolute atomic E-state index is 0. The third kappa shape index (κ3) is 4.01. The van der Waals surface area contributed by atoms with Crippen LogP contribution in [0.3, 0.4) is 0 Å². The summed E-state index contributed by atoms with van der Waals surface area (Å²) < 4.78 is 6.01. The number of hydrogen-bond donors (Lipinski definition) is 2. The standard InChI is InChI=1S/C20H26N4O2.2ClH/c25-19(22-16-12-24-10-6-13(16)7-11-24)15-2-1-3-17-18(15)23-20(26-17)14-4-8-21-9-5-14;;/h1-3,13-14,16,21H,4-12H2,(H,22,25);2*1H/t16-;;/m1../s1. The van der Waals surface area contributed by atoms with Crippen molar-refractivity contribution in [1.29, 1.82) is 0 Å². The third-order valence-electron chi connectivity index (χ3n) is 6.34. The van der Waals surface area contributed by atoms with E-state index in [1.165, 1.54) is 25.9 Å². The lowest BCUT2D eigenvalue weighted by Gasteiger charge is -2.44. The molecule has 2 N–H and O–H groups in total. The van der Waals surface area contributed by atoms with Crippen LogP contribution in [0, 0.1) is 5.92 Å². The molecule has 4 fully saturated rings. The van der Waals surface area contributed by atoms with E-state index in [1.807, 2.05) is 18.2 Å². The molecule has 4 saturated heterocycles. The summed E-state index contributed by atoms with van der Waals surface area (Å²) in [4.78, 5) is 20.2. The van der Waals surface area contributed by atoms with Crippen LogP contribution in [0.2, 0.25) is 0 Å². The topological polar surface area (TPSA) is 70.4 Å². The molecule has 0 spiro atoms. The van der Waals surface area contributed by atoms with Gasteiger partial charge in [0, 0.05) is 18.5 Å². The van der Waals surface area contributed by atoms with E-state index in [0.29, 0.717) is 22.9 Å². The summed E-state index contributed by atoms with van der Waals surface area (Å²) in [6, 6.07) is 5.94. The number of amides is 1. The maximum atomic E-state index is 13.0. The van der Waals surface area contributed by atoms with Crippen LogP contribution in [0.5, 0.6) is 0 Å². The van der Waals surface area contributed by atoms with Gasteiger partial charge in [-0.2, -0.15) is 0 Å². The van der Waals surface area contributed by atoms with Gasteiger partial charge in [0.05, 0.1) is 5.56 Å².